The predicted octanol–water partition coefficient (Wildman–Crippen LogP) is 1.58. The summed E-state index contributed by atoms with van der Waals surface area (Å²) in [5, 5.41) is 5.90. The number of hydrogen-bond donors (Lipinski definition) is 2. The second kappa shape index (κ2) is 7.79. The minimum atomic E-state index is 0.0329. The first-order valence-corrected chi connectivity index (χ1v) is 6.70. The SMILES string of the molecule is CCNCC(=O)NCCc1c(C)cc(C)cc1OC. The van der Waals surface area contributed by atoms with Crippen LogP contribution in [0.15, 0.2) is 12.1 Å². The first-order valence-electron chi connectivity index (χ1n) is 6.70. The number of carbonyl (C=O) groups excluding carboxylic acids is 1. The maximum atomic E-state index is 11.5. The van der Waals surface area contributed by atoms with Crippen LogP contribution in [0.5, 0.6) is 5.75 Å². The van der Waals surface area contributed by atoms with Gasteiger partial charge in [0.05, 0.1) is 13.7 Å². The summed E-state index contributed by atoms with van der Waals surface area (Å²) in [4.78, 5) is 11.5. The van der Waals surface area contributed by atoms with Crippen LogP contribution < -0.4 is 15.4 Å². The number of ether oxygens (including phenoxy) is 1. The Hall–Kier alpha value is -1.55. The third kappa shape index (κ3) is 4.91. The van der Waals surface area contributed by atoms with E-state index in [0.717, 1.165) is 24.3 Å². The van der Waals surface area contributed by atoms with Gasteiger partial charge in [-0.15, -0.1) is 0 Å². The van der Waals surface area contributed by atoms with Gasteiger partial charge in [-0.25, -0.2) is 0 Å². The highest BCUT2D eigenvalue weighted by atomic mass is 16.5. The largest absolute Gasteiger partial charge is 0.496 e. The smallest absolute Gasteiger partial charge is 0.233 e. The van der Waals surface area contributed by atoms with Gasteiger partial charge in [-0.05, 0) is 49.6 Å². The van der Waals surface area contributed by atoms with Gasteiger partial charge in [0.15, 0.2) is 0 Å². The molecule has 4 heteroatoms. The van der Waals surface area contributed by atoms with Crippen molar-refractivity contribution in [1.82, 2.24) is 10.6 Å². The highest BCUT2D eigenvalue weighted by Crippen LogP contribution is 2.24. The van der Waals surface area contributed by atoms with Crippen molar-refractivity contribution in [2.24, 2.45) is 0 Å². The molecule has 0 aliphatic rings. The Morgan fingerprint density at radius 2 is 2.05 bits per heavy atom. The number of carbonyl (C=O) groups is 1. The van der Waals surface area contributed by atoms with Gasteiger partial charge in [0.2, 0.25) is 5.91 Å². The molecule has 0 saturated heterocycles. The van der Waals surface area contributed by atoms with Crippen molar-refractivity contribution in [3.05, 3.63) is 28.8 Å². The van der Waals surface area contributed by atoms with Crippen LogP contribution in [-0.4, -0.2) is 32.7 Å². The van der Waals surface area contributed by atoms with E-state index in [-0.39, 0.29) is 5.91 Å². The van der Waals surface area contributed by atoms with Crippen LogP contribution in [-0.2, 0) is 11.2 Å². The average Bonchev–Trinajstić information content (AvgIpc) is 2.38. The fourth-order valence-electron chi connectivity index (χ4n) is 2.09. The van der Waals surface area contributed by atoms with Crippen LogP contribution in [0.1, 0.15) is 23.6 Å². The third-order valence-electron chi connectivity index (χ3n) is 3.03. The molecule has 0 aliphatic heterocycles. The van der Waals surface area contributed by atoms with Gasteiger partial charge < -0.3 is 15.4 Å². The lowest BCUT2D eigenvalue weighted by Gasteiger charge is -2.13. The minimum absolute atomic E-state index is 0.0329. The highest BCUT2D eigenvalue weighted by Gasteiger charge is 2.08. The molecule has 1 rings (SSSR count). The molecule has 2 N–H and O–H groups in total. The lowest BCUT2D eigenvalue weighted by atomic mass is 10.0. The Labute approximate surface area is 115 Å². The van der Waals surface area contributed by atoms with Gasteiger partial charge >= 0.3 is 0 Å². The number of benzene rings is 1. The Balaban J connectivity index is 2.55. The van der Waals surface area contributed by atoms with Crippen molar-refractivity contribution >= 4 is 5.91 Å². The molecule has 0 spiro atoms. The number of amides is 1. The Kier molecular flexibility index (Phi) is 6.36. The number of nitrogens with one attached hydrogen (secondary N) is 2. The van der Waals surface area contributed by atoms with Crippen molar-refractivity contribution in [2.75, 3.05) is 26.7 Å². The van der Waals surface area contributed by atoms with Gasteiger partial charge in [-0.1, -0.05) is 13.0 Å². The molecule has 0 aliphatic carbocycles. The van der Waals surface area contributed by atoms with E-state index >= 15 is 0 Å². The highest BCUT2D eigenvalue weighted by molar-refractivity contribution is 5.77. The number of rotatable bonds is 7. The number of methoxy groups -OCH3 is 1. The summed E-state index contributed by atoms with van der Waals surface area (Å²) in [6, 6.07) is 4.17. The zero-order valence-corrected chi connectivity index (χ0v) is 12.3. The van der Waals surface area contributed by atoms with Crippen LogP contribution in [0.3, 0.4) is 0 Å². The van der Waals surface area contributed by atoms with Crippen LogP contribution in [0, 0.1) is 13.8 Å². The normalized spacial score (nSPS) is 10.3. The molecular formula is C15H24N2O2. The number of hydrogen-bond acceptors (Lipinski definition) is 3. The first-order chi connectivity index (χ1) is 9.08. The van der Waals surface area contributed by atoms with Gasteiger partial charge in [0.1, 0.15) is 5.75 Å². The maximum Gasteiger partial charge on any atom is 0.233 e. The second-order valence-corrected chi connectivity index (χ2v) is 4.64. The van der Waals surface area contributed by atoms with E-state index in [2.05, 4.69) is 30.5 Å². The van der Waals surface area contributed by atoms with Crippen molar-refractivity contribution in [2.45, 2.75) is 27.2 Å². The molecule has 1 aromatic carbocycles. The van der Waals surface area contributed by atoms with Crippen LogP contribution in [0.2, 0.25) is 0 Å². The molecule has 0 radical (unpaired) electrons. The summed E-state index contributed by atoms with van der Waals surface area (Å²) < 4.78 is 5.40. The molecule has 0 fully saturated rings. The van der Waals surface area contributed by atoms with E-state index in [1.807, 2.05) is 13.0 Å². The second-order valence-electron chi connectivity index (χ2n) is 4.64. The van der Waals surface area contributed by atoms with Crippen molar-refractivity contribution in [1.29, 1.82) is 0 Å². The summed E-state index contributed by atoms with van der Waals surface area (Å²) in [7, 11) is 1.68. The lowest BCUT2D eigenvalue weighted by Crippen LogP contribution is -2.34. The Bertz CT molecular complexity index is 430. The molecule has 0 heterocycles. The van der Waals surface area contributed by atoms with E-state index in [9.17, 15) is 4.79 Å². The zero-order chi connectivity index (χ0) is 14.3. The fourth-order valence-corrected chi connectivity index (χ4v) is 2.09. The van der Waals surface area contributed by atoms with E-state index in [0.29, 0.717) is 13.1 Å². The van der Waals surface area contributed by atoms with E-state index in [4.69, 9.17) is 4.74 Å². The summed E-state index contributed by atoms with van der Waals surface area (Å²) in [6.45, 7) is 7.92. The molecule has 1 aromatic rings. The van der Waals surface area contributed by atoms with Crippen LogP contribution >= 0.6 is 0 Å². The number of likely N-dealkylation sites (N-methyl/N-ethyl adjacent to an activating group) is 1. The van der Waals surface area contributed by atoms with E-state index in [1.165, 1.54) is 11.1 Å². The van der Waals surface area contributed by atoms with Crippen LogP contribution in [0.25, 0.3) is 0 Å². The lowest BCUT2D eigenvalue weighted by molar-refractivity contribution is -0.120. The summed E-state index contributed by atoms with van der Waals surface area (Å²) in [5.41, 5.74) is 3.56. The first kappa shape index (κ1) is 15.5. The molecule has 106 valence electrons. The molecule has 19 heavy (non-hydrogen) atoms. The monoisotopic (exact) mass is 264 g/mol. The summed E-state index contributed by atoms with van der Waals surface area (Å²) in [6.07, 6.45) is 0.785. The zero-order valence-electron chi connectivity index (χ0n) is 12.3. The maximum absolute atomic E-state index is 11.5. The topological polar surface area (TPSA) is 50.4 Å². The van der Waals surface area contributed by atoms with Gasteiger partial charge in [0, 0.05) is 6.54 Å². The van der Waals surface area contributed by atoms with Gasteiger partial charge in [0.25, 0.3) is 0 Å². The molecule has 0 atom stereocenters. The molecule has 0 saturated carbocycles. The Morgan fingerprint density at radius 3 is 2.68 bits per heavy atom. The fraction of sp³-hybridized carbons (Fsp3) is 0.533. The average molecular weight is 264 g/mol. The van der Waals surface area contributed by atoms with E-state index in [1.54, 1.807) is 7.11 Å². The Morgan fingerprint density at radius 1 is 1.32 bits per heavy atom. The van der Waals surface area contributed by atoms with Gasteiger partial charge in [-0.2, -0.15) is 0 Å². The third-order valence-corrected chi connectivity index (χ3v) is 3.03. The van der Waals surface area contributed by atoms with Crippen molar-refractivity contribution in [3.63, 3.8) is 0 Å². The number of aryl methyl sites for hydroxylation is 2. The van der Waals surface area contributed by atoms with E-state index < -0.39 is 0 Å². The van der Waals surface area contributed by atoms with Crippen molar-refractivity contribution < 1.29 is 9.53 Å². The molecule has 0 aromatic heterocycles. The minimum Gasteiger partial charge on any atom is -0.496 e. The summed E-state index contributed by atoms with van der Waals surface area (Å²) >= 11 is 0. The van der Waals surface area contributed by atoms with Crippen LogP contribution in [0.4, 0.5) is 0 Å². The molecular weight excluding hydrogens is 240 g/mol. The predicted molar refractivity (Wildman–Crippen MR) is 77.7 cm³/mol. The molecule has 0 bridgehead atoms. The molecule has 1 amide bonds. The van der Waals surface area contributed by atoms with Gasteiger partial charge in [-0.3, -0.25) is 4.79 Å². The van der Waals surface area contributed by atoms with Crippen molar-refractivity contribution in [3.8, 4) is 5.75 Å². The molecule has 0 unspecified atom stereocenters. The quantitative estimate of drug-likeness (QED) is 0.786. The molecule has 4 nitrogen and oxygen atoms in total. The summed E-state index contributed by atoms with van der Waals surface area (Å²) in [5.74, 6) is 0.934. The standard InChI is InChI=1S/C15H24N2O2/c1-5-16-10-15(18)17-7-6-13-12(3)8-11(2)9-14(13)19-4/h8-9,16H,5-7,10H2,1-4H3,(H,17,18).